The van der Waals surface area contributed by atoms with Crippen LogP contribution in [0, 0.1) is 12.8 Å². The predicted molar refractivity (Wildman–Crippen MR) is 119 cm³/mol. The first-order chi connectivity index (χ1) is 14.9. The number of aromatic nitrogens is 4. The number of piperidine rings is 1. The summed E-state index contributed by atoms with van der Waals surface area (Å²) in [5.41, 5.74) is 8.63. The fourth-order valence-corrected chi connectivity index (χ4v) is 4.33. The van der Waals surface area contributed by atoms with Crippen LogP contribution in [-0.4, -0.2) is 45.4 Å². The van der Waals surface area contributed by atoms with Crippen molar-refractivity contribution in [1.82, 2.24) is 19.7 Å². The maximum absolute atomic E-state index is 12.7. The van der Waals surface area contributed by atoms with Gasteiger partial charge in [-0.3, -0.25) is 14.3 Å². The Labute approximate surface area is 180 Å². The lowest BCUT2D eigenvalue weighted by atomic mass is 9.93. The predicted octanol–water partition coefficient (Wildman–Crippen LogP) is 2.12. The SMILES string of the molecule is CCOc1ccc(N2CCC(CC(N)=O)CC2)cc1-c1nc2c(C)nn(C)c2c(=O)[nH]1. The van der Waals surface area contributed by atoms with Crippen LogP contribution in [0.15, 0.2) is 23.0 Å². The van der Waals surface area contributed by atoms with Crippen LogP contribution in [0.4, 0.5) is 5.69 Å². The molecule has 0 bridgehead atoms. The van der Waals surface area contributed by atoms with E-state index in [9.17, 15) is 9.59 Å². The number of aromatic amines is 1. The molecule has 0 radical (unpaired) electrons. The van der Waals surface area contributed by atoms with Gasteiger partial charge in [-0.25, -0.2) is 4.98 Å². The highest BCUT2D eigenvalue weighted by molar-refractivity contribution is 5.80. The number of carbonyl (C=O) groups is 1. The summed E-state index contributed by atoms with van der Waals surface area (Å²) in [7, 11) is 1.74. The first-order valence-corrected chi connectivity index (χ1v) is 10.6. The largest absolute Gasteiger partial charge is 0.493 e. The van der Waals surface area contributed by atoms with Gasteiger partial charge < -0.3 is 20.4 Å². The first-order valence-electron chi connectivity index (χ1n) is 10.6. The number of benzene rings is 1. The standard InChI is InChI=1S/C22H28N6O3/c1-4-31-17-6-5-15(28-9-7-14(8-10-28)11-18(23)29)12-16(17)21-24-19-13(2)26-27(3)20(19)22(30)25-21/h5-6,12,14H,4,7-11H2,1-3H3,(H2,23,29)(H,24,25,30). The monoisotopic (exact) mass is 424 g/mol. The van der Waals surface area contributed by atoms with Gasteiger partial charge in [0.1, 0.15) is 17.1 Å². The van der Waals surface area contributed by atoms with Crippen molar-refractivity contribution < 1.29 is 9.53 Å². The smallest absolute Gasteiger partial charge is 0.277 e. The molecule has 0 aliphatic carbocycles. The Hall–Kier alpha value is -3.36. The third-order valence-electron chi connectivity index (χ3n) is 5.85. The molecule has 0 saturated carbocycles. The number of fused-ring (bicyclic) bond motifs is 1. The second-order valence-corrected chi connectivity index (χ2v) is 8.04. The van der Waals surface area contributed by atoms with Gasteiger partial charge in [-0.2, -0.15) is 5.10 Å². The fraction of sp³-hybridized carbons (Fsp3) is 0.455. The summed E-state index contributed by atoms with van der Waals surface area (Å²) < 4.78 is 7.38. The number of carbonyl (C=O) groups excluding carboxylic acids is 1. The number of anilines is 1. The zero-order valence-electron chi connectivity index (χ0n) is 18.1. The topological polar surface area (TPSA) is 119 Å². The summed E-state index contributed by atoms with van der Waals surface area (Å²) in [6.45, 7) is 5.95. The average Bonchev–Trinajstić information content (AvgIpc) is 3.02. The van der Waals surface area contributed by atoms with Crippen molar-refractivity contribution in [2.24, 2.45) is 18.7 Å². The number of amides is 1. The van der Waals surface area contributed by atoms with Crippen LogP contribution in [0.25, 0.3) is 22.4 Å². The van der Waals surface area contributed by atoms with Crippen LogP contribution in [0.3, 0.4) is 0 Å². The van der Waals surface area contributed by atoms with Crippen molar-refractivity contribution in [1.29, 1.82) is 0 Å². The second-order valence-electron chi connectivity index (χ2n) is 8.04. The van der Waals surface area contributed by atoms with E-state index in [0.29, 0.717) is 47.2 Å². The molecule has 1 amide bonds. The Morgan fingerprint density at radius 1 is 1.32 bits per heavy atom. The quantitative estimate of drug-likeness (QED) is 0.626. The molecular formula is C22H28N6O3. The molecule has 3 aromatic rings. The van der Waals surface area contributed by atoms with Gasteiger partial charge in [-0.15, -0.1) is 0 Å². The molecule has 3 heterocycles. The second kappa shape index (κ2) is 8.41. The number of hydrogen-bond donors (Lipinski definition) is 2. The van der Waals surface area contributed by atoms with E-state index < -0.39 is 0 Å². The summed E-state index contributed by atoms with van der Waals surface area (Å²) in [6.07, 6.45) is 2.28. The van der Waals surface area contributed by atoms with Gasteiger partial charge in [-0.05, 0) is 50.8 Å². The normalized spacial score (nSPS) is 14.9. The molecular weight excluding hydrogens is 396 g/mol. The van der Waals surface area contributed by atoms with Crippen molar-refractivity contribution in [3.05, 3.63) is 34.2 Å². The molecule has 1 fully saturated rings. The molecule has 9 nitrogen and oxygen atoms in total. The highest BCUT2D eigenvalue weighted by Crippen LogP contribution is 2.34. The third-order valence-corrected chi connectivity index (χ3v) is 5.85. The van der Waals surface area contributed by atoms with E-state index in [-0.39, 0.29) is 11.5 Å². The van der Waals surface area contributed by atoms with Crippen LogP contribution < -0.4 is 20.9 Å². The van der Waals surface area contributed by atoms with Gasteiger partial charge >= 0.3 is 0 Å². The average molecular weight is 425 g/mol. The van der Waals surface area contributed by atoms with E-state index in [1.54, 1.807) is 11.7 Å². The highest BCUT2D eigenvalue weighted by atomic mass is 16.5. The van der Waals surface area contributed by atoms with Gasteiger partial charge in [0.05, 0.1) is 17.9 Å². The minimum absolute atomic E-state index is 0.233. The molecule has 0 unspecified atom stereocenters. The van der Waals surface area contributed by atoms with E-state index >= 15 is 0 Å². The maximum atomic E-state index is 12.7. The molecule has 1 aliphatic rings. The Morgan fingerprint density at radius 2 is 2.06 bits per heavy atom. The minimum atomic E-state index is -0.238. The van der Waals surface area contributed by atoms with E-state index in [0.717, 1.165) is 37.2 Å². The van der Waals surface area contributed by atoms with Crippen molar-refractivity contribution in [2.75, 3.05) is 24.6 Å². The number of nitrogens with one attached hydrogen (secondary N) is 1. The van der Waals surface area contributed by atoms with Crippen LogP contribution in [0.5, 0.6) is 5.75 Å². The third kappa shape index (κ3) is 4.12. The molecule has 31 heavy (non-hydrogen) atoms. The Morgan fingerprint density at radius 3 is 2.74 bits per heavy atom. The highest BCUT2D eigenvalue weighted by Gasteiger charge is 2.22. The summed E-state index contributed by atoms with van der Waals surface area (Å²) >= 11 is 0. The van der Waals surface area contributed by atoms with E-state index in [1.807, 2.05) is 32.0 Å². The lowest BCUT2D eigenvalue weighted by Gasteiger charge is -2.33. The van der Waals surface area contributed by atoms with Crippen molar-refractivity contribution in [2.45, 2.75) is 33.1 Å². The number of ether oxygens (including phenoxy) is 1. The summed E-state index contributed by atoms with van der Waals surface area (Å²) in [5.74, 6) is 1.23. The maximum Gasteiger partial charge on any atom is 0.277 e. The number of primary amides is 1. The van der Waals surface area contributed by atoms with Gasteiger partial charge in [0.25, 0.3) is 5.56 Å². The summed E-state index contributed by atoms with van der Waals surface area (Å²) in [5, 5.41) is 4.32. The minimum Gasteiger partial charge on any atom is -0.493 e. The molecule has 1 aromatic carbocycles. The molecule has 164 valence electrons. The van der Waals surface area contributed by atoms with Gasteiger partial charge in [-0.1, -0.05) is 0 Å². The van der Waals surface area contributed by atoms with E-state index in [1.165, 1.54) is 0 Å². The number of nitrogens with zero attached hydrogens (tertiary/aromatic N) is 4. The Kier molecular flexibility index (Phi) is 5.67. The number of hydrogen-bond acceptors (Lipinski definition) is 6. The summed E-state index contributed by atoms with van der Waals surface area (Å²) in [6, 6.07) is 5.95. The van der Waals surface area contributed by atoms with Crippen molar-refractivity contribution >= 4 is 22.6 Å². The Bertz CT molecular complexity index is 1170. The molecule has 4 rings (SSSR count). The van der Waals surface area contributed by atoms with Gasteiger partial charge in [0, 0.05) is 32.2 Å². The molecule has 0 atom stereocenters. The van der Waals surface area contributed by atoms with Crippen LogP contribution in [-0.2, 0) is 11.8 Å². The lowest BCUT2D eigenvalue weighted by Crippen LogP contribution is -2.35. The van der Waals surface area contributed by atoms with Crippen LogP contribution >= 0.6 is 0 Å². The molecule has 0 spiro atoms. The molecule has 2 aromatic heterocycles. The van der Waals surface area contributed by atoms with E-state index in [2.05, 4.69) is 15.0 Å². The van der Waals surface area contributed by atoms with Gasteiger partial charge in [0.2, 0.25) is 5.91 Å². The first kappa shape index (κ1) is 20.9. The van der Waals surface area contributed by atoms with E-state index in [4.69, 9.17) is 15.5 Å². The molecule has 3 N–H and O–H groups in total. The van der Waals surface area contributed by atoms with Crippen molar-refractivity contribution in [3.8, 4) is 17.1 Å². The molecule has 1 aliphatic heterocycles. The zero-order valence-corrected chi connectivity index (χ0v) is 18.1. The number of H-pyrrole nitrogens is 1. The summed E-state index contributed by atoms with van der Waals surface area (Å²) in [4.78, 5) is 33.9. The van der Waals surface area contributed by atoms with Crippen LogP contribution in [0.1, 0.15) is 31.9 Å². The lowest BCUT2D eigenvalue weighted by molar-refractivity contribution is -0.119. The fourth-order valence-electron chi connectivity index (χ4n) is 4.33. The van der Waals surface area contributed by atoms with Crippen molar-refractivity contribution in [3.63, 3.8) is 0 Å². The number of aryl methyl sites for hydroxylation is 2. The molecule has 1 saturated heterocycles. The molecule has 9 heteroatoms. The van der Waals surface area contributed by atoms with Gasteiger partial charge in [0.15, 0.2) is 5.52 Å². The zero-order chi connectivity index (χ0) is 22.1. The Balaban J connectivity index is 1.71. The number of rotatable bonds is 6. The number of nitrogens with two attached hydrogens (primary N) is 1. The van der Waals surface area contributed by atoms with Crippen LogP contribution in [0.2, 0.25) is 0 Å².